The summed E-state index contributed by atoms with van der Waals surface area (Å²) in [6.07, 6.45) is 12.7. The van der Waals surface area contributed by atoms with Crippen LogP contribution in [0.25, 0.3) is 11.1 Å². The quantitative estimate of drug-likeness (QED) is 0.0835. The highest BCUT2D eigenvalue weighted by atomic mass is 19.4. The molecule has 1 aliphatic rings. The molecule has 46 heavy (non-hydrogen) atoms. The Kier molecular flexibility index (Phi) is 16.3. The Labute approximate surface area is 272 Å². The van der Waals surface area contributed by atoms with Crippen LogP contribution in [0.15, 0.2) is 84.4 Å². The Morgan fingerprint density at radius 3 is 1.83 bits per heavy atom. The number of halogens is 3. The fourth-order valence-corrected chi connectivity index (χ4v) is 5.08. The van der Waals surface area contributed by atoms with Gasteiger partial charge in [-0.25, -0.2) is 4.79 Å². The highest BCUT2D eigenvalue weighted by Gasteiger charge is 2.42. The summed E-state index contributed by atoms with van der Waals surface area (Å²) in [7, 11) is 0. The van der Waals surface area contributed by atoms with Gasteiger partial charge >= 0.3 is 12.1 Å². The number of carbonyl (C=O) groups excluding carboxylic acids is 1. The number of nitrogens with one attached hydrogen (secondary N) is 1. The van der Waals surface area contributed by atoms with Gasteiger partial charge in [0.05, 0.1) is 17.9 Å². The lowest BCUT2D eigenvalue weighted by Gasteiger charge is -2.21. The van der Waals surface area contributed by atoms with Crippen LogP contribution >= 0.6 is 0 Å². The monoisotopic (exact) mass is 641 g/mol. The number of alkyl halides is 3. The molecule has 8 heteroatoms. The minimum absolute atomic E-state index is 0.00734. The second kappa shape index (κ2) is 20.4. The summed E-state index contributed by atoms with van der Waals surface area (Å²) in [6, 6.07) is 15.7. The maximum Gasteiger partial charge on any atom is 0.425 e. The number of carbonyl (C=O) groups is 1. The van der Waals surface area contributed by atoms with Crippen molar-refractivity contribution in [3.05, 3.63) is 84.4 Å². The van der Waals surface area contributed by atoms with Crippen molar-refractivity contribution in [2.45, 2.75) is 116 Å². The molecule has 1 aliphatic heterocycles. The van der Waals surface area contributed by atoms with E-state index in [2.05, 4.69) is 19.2 Å². The predicted octanol–water partition coefficient (Wildman–Crippen LogP) is 11.0. The first kappa shape index (κ1) is 36.8. The molecule has 0 bridgehead atoms. The molecule has 0 radical (unpaired) electrons. The van der Waals surface area contributed by atoms with Crippen molar-refractivity contribution in [2.75, 3.05) is 6.61 Å². The average Bonchev–Trinajstić information content (AvgIpc) is 3.06. The highest BCUT2D eigenvalue weighted by Crippen LogP contribution is 2.29. The standard InChI is InChI=1S/C38H50F3NO4/c1-3-5-7-9-11-13-15-27-44-34-23-18-30(19-24-34)31-20-25-35(26-21-31)45-29-33-22-17-32(28-42-33)37(43)46-36(38(39,40)41)16-14-12-10-8-6-4-2/h17-26,28-29,36,42H,3-16,27H2,1-2H3/t36-/m1/s1. The van der Waals surface area contributed by atoms with Gasteiger partial charge in [0, 0.05) is 6.20 Å². The minimum atomic E-state index is -4.61. The zero-order valence-corrected chi connectivity index (χ0v) is 27.4. The van der Waals surface area contributed by atoms with E-state index in [1.165, 1.54) is 57.1 Å². The number of allylic oxidation sites excluding steroid dienone is 1. The van der Waals surface area contributed by atoms with E-state index >= 15 is 0 Å². The van der Waals surface area contributed by atoms with Gasteiger partial charge in [0.15, 0.2) is 6.10 Å². The summed E-state index contributed by atoms with van der Waals surface area (Å²) in [5.74, 6) is 0.464. The number of ether oxygens (including phenoxy) is 3. The Hall–Kier alpha value is -3.68. The van der Waals surface area contributed by atoms with Crippen LogP contribution in [-0.4, -0.2) is 24.9 Å². The molecule has 0 fully saturated rings. The fourth-order valence-electron chi connectivity index (χ4n) is 5.08. The lowest BCUT2D eigenvalue weighted by Crippen LogP contribution is -2.34. The number of dihydropyridines is 1. The van der Waals surface area contributed by atoms with Crippen molar-refractivity contribution in [3.63, 3.8) is 0 Å². The van der Waals surface area contributed by atoms with Crippen LogP contribution in [-0.2, 0) is 9.53 Å². The maximum absolute atomic E-state index is 13.5. The van der Waals surface area contributed by atoms with Gasteiger partial charge in [-0.2, -0.15) is 13.2 Å². The van der Waals surface area contributed by atoms with E-state index < -0.39 is 18.2 Å². The highest BCUT2D eigenvalue weighted by molar-refractivity contribution is 5.92. The molecule has 1 N–H and O–H groups in total. The van der Waals surface area contributed by atoms with Crippen molar-refractivity contribution in [3.8, 4) is 22.6 Å². The molecule has 0 saturated heterocycles. The van der Waals surface area contributed by atoms with Crippen molar-refractivity contribution in [1.29, 1.82) is 0 Å². The smallest absolute Gasteiger partial charge is 0.425 e. The van der Waals surface area contributed by atoms with E-state index in [0.717, 1.165) is 55.6 Å². The first-order valence-corrected chi connectivity index (χ1v) is 16.9. The van der Waals surface area contributed by atoms with E-state index in [4.69, 9.17) is 14.2 Å². The molecule has 2 aromatic rings. The SMILES string of the molecule is CCCCCCCCCOc1ccc(-c2ccc(OC=C3C=CC(C(=O)O[C@H](CCCCCCCC)C(F)(F)F)=CN3)cc2)cc1. The largest absolute Gasteiger partial charge is 0.494 e. The maximum atomic E-state index is 13.5. The van der Waals surface area contributed by atoms with Crippen molar-refractivity contribution < 1.29 is 32.2 Å². The van der Waals surface area contributed by atoms with Gasteiger partial charge < -0.3 is 19.5 Å². The van der Waals surface area contributed by atoms with Gasteiger partial charge in [-0.3, -0.25) is 0 Å². The van der Waals surface area contributed by atoms with Crippen molar-refractivity contribution in [1.82, 2.24) is 5.32 Å². The van der Waals surface area contributed by atoms with E-state index in [-0.39, 0.29) is 12.0 Å². The van der Waals surface area contributed by atoms with E-state index in [1.54, 1.807) is 6.08 Å². The molecule has 2 aromatic carbocycles. The molecule has 1 atom stereocenters. The molecule has 0 spiro atoms. The van der Waals surface area contributed by atoms with E-state index in [1.807, 2.05) is 48.5 Å². The number of unbranched alkanes of at least 4 members (excludes halogenated alkanes) is 11. The predicted molar refractivity (Wildman–Crippen MR) is 178 cm³/mol. The summed E-state index contributed by atoms with van der Waals surface area (Å²) in [5.41, 5.74) is 2.64. The Morgan fingerprint density at radius 2 is 1.28 bits per heavy atom. The molecule has 3 rings (SSSR count). The second-order valence-corrected chi connectivity index (χ2v) is 11.8. The summed E-state index contributed by atoms with van der Waals surface area (Å²) in [4.78, 5) is 12.5. The van der Waals surface area contributed by atoms with Crippen LogP contribution in [0.3, 0.4) is 0 Å². The number of esters is 1. The lowest BCUT2D eigenvalue weighted by atomic mass is 10.1. The van der Waals surface area contributed by atoms with Gasteiger partial charge in [0.25, 0.3) is 0 Å². The first-order chi connectivity index (χ1) is 22.3. The molecule has 5 nitrogen and oxygen atoms in total. The molecule has 0 aromatic heterocycles. The van der Waals surface area contributed by atoms with Crippen LogP contribution in [0.5, 0.6) is 11.5 Å². The molecule has 252 valence electrons. The minimum Gasteiger partial charge on any atom is -0.494 e. The van der Waals surface area contributed by atoms with Gasteiger partial charge in [0.2, 0.25) is 0 Å². The first-order valence-electron chi connectivity index (χ1n) is 16.9. The third kappa shape index (κ3) is 13.8. The van der Waals surface area contributed by atoms with E-state index in [9.17, 15) is 18.0 Å². The molecular weight excluding hydrogens is 591 g/mol. The van der Waals surface area contributed by atoms with Gasteiger partial charge in [-0.15, -0.1) is 0 Å². The summed E-state index contributed by atoms with van der Waals surface area (Å²) >= 11 is 0. The van der Waals surface area contributed by atoms with Crippen LogP contribution < -0.4 is 14.8 Å². The molecular formula is C38H50F3NO4. The number of rotatable bonds is 21. The third-order valence-electron chi connectivity index (χ3n) is 7.89. The number of hydrogen-bond acceptors (Lipinski definition) is 5. The molecule has 0 saturated carbocycles. The Balaban J connectivity index is 1.41. The van der Waals surface area contributed by atoms with Crippen LogP contribution in [0.2, 0.25) is 0 Å². The number of hydrogen-bond donors (Lipinski definition) is 1. The van der Waals surface area contributed by atoms with Crippen molar-refractivity contribution in [2.24, 2.45) is 0 Å². The topological polar surface area (TPSA) is 56.8 Å². The molecule has 0 amide bonds. The normalized spacial score (nSPS) is 14.5. The second-order valence-electron chi connectivity index (χ2n) is 11.8. The number of benzene rings is 2. The average molecular weight is 642 g/mol. The summed E-state index contributed by atoms with van der Waals surface area (Å²) in [6.45, 7) is 5.05. The van der Waals surface area contributed by atoms with Crippen LogP contribution in [0.1, 0.15) is 104 Å². The summed E-state index contributed by atoms with van der Waals surface area (Å²) in [5, 5.41) is 2.87. The third-order valence-corrected chi connectivity index (χ3v) is 7.89. The Morgan fingerprint density at radius 1 is 0.739 bits per heavy atom. The van der Waals surface area contributed by atoms with Gasteiger partial charge in [0.1, 0.15) is 17.8 Å². The fraction of sp³-hybridized carbons (Fsp3) is 0.500. The van der Waals surface area contributed by atoms with Gasteiger partial charge in [-0.05, 0) is 66.8 Å². The summed E-state index contributed by atoms with van der Waals surface area (Å²) < 4.78 is 56.9. The van der Waals surface area contributed by atoms with Gasteiger partial charge in [-0.1, -0.05) is 109 Å². The molecule has 0 unspecified atom stereocenters. The zero-order chi connectivity index (χ0) is 33.0. The van der Waals surface area contributed by atoms with Crippen LogP contribution in [0.4, 0.5) is 13.2 Å². The Bertz CT molecular complexity index is 1250. The van der Waals surface area contributed by atoms with E-state index in [0.29, 0.717) is 24.3 Å². The molecule has 0 aliphatic carbocycles. The lowest BCUT2D eigenvalue weighted by molar-refractivity contribution is -0.220. The zero-order valence-electron chi connectivity index (χ0n) is 27.4. The van der Waals surface area contributed by atoms with Crippen LogP contribution in [0, 0.1) is 0 Å². The van der Waals surface area contributed by atoms with Crippen molar-refractivity contribution >= 4 is 5.97 Å². The molecule has 1 heterocycles.